The number of ether oxygens (including phenoxy) is 1. The molecule has 5 heteroatoms. The second kappa shape index (κ2) is 6.43. The summed E-state index contributed by atoms with van der Waals surface area (Å²) in [4.78, 5) is 21.4. The van der Waals surface area contributed by atoms with Crippen molar-refractivity contribution in [2.45, 2.75) is 31.8 Å². The number of hydrogen-bond acceptors (Lipinski definition) is 4. The van der Waals surface area contributed by atoms with Crippen LogP contribution in [0.1, 0.15) is 36.0 Å². The van der Waals surface area contributed by atoms with Crippen molar-refractivity contribution in [2.24, 2.45) is 0 Å². The maximum atomic E-state index is 12.8. The Morgan fingerprint density at radius 3 is 2.62 bits per heavy atom. The molecule has 5 nitrogen and oxygen atoms in total. The first-order valence-corrected chi connectivity index (χ1v) is 7.81. The van der Waals surface area contributed by atoms with Crippen LogP contribution in [0.25, 0.3) is 0 Å². The number of carbonyl (C=O) groups excluding carboxylic acids is 1. The number of aromatic nitrogens is 1. The molecule has 0 N–H and O–H groups in total. The van der Waals surface area contributed by atoms with Crippen molar-refractivity contribution in [3.63, 3.8) is 0 Å². The Hall–Kier alpha value is -1.62. The number of carbonyl (C=O) groups is 1. The number of hydrogen-bond donors (Lipinski definition) is 0. The molecule has 0 atom stereocenters. The SMILES string of the molecule is COC1CCN(C(=O)c2cccnc2N2CCCC2)CC1. The Morgan fingerprint density at radius 1 is 1.24 bits per heavy atom. The first kappa shape index (κ1) is 14.3. The molecule has 2 aliphatic heterocycles. The molecular weight excluding hydrogens is 266 g/mol. The van der Waals surface area contributed by atoms with Crippen molar-refractivity contribution in [1.29, 1.82) is 0 Å². The number of amides is 1. The van der Waals surface area contributed by atoms with Crippen molar-refractivity contribution in [3.8, 4) is 0 Å². The third-order valence-electron chi connectivity index (χ3n) is 4.49. The normalized spacial score (nSPS) is 20.0. The Morgan fingerprint density at radius 2 is 1.95 bits per heavy atom. The highest BCUT2D eigenvalue weighted by molar-refractivity contribution is 5.99. The van der Waals surface area contributed by atoms with Gasteiger partial charge in [0.25, 0.3) is 5.91 Å². The number of methoxy groups -OCH3 is 1. The van der Waals surface area contributed by atoms with E-state index in [2.05, 4.69) is 9.88 Å². The quantitative estimate of drug-likeness (QED) is 0.853. The van der Waals surface area contributed by atoms with E-state index in [1.807, 2.05) is 17.0 Å². The molecule has 0 unspecified atom stereocenters. The van der Waals surface area contributed by atoms with Gasteiger partial charge in [-0.15, -0.1) is 0 Å². The molecule has 0 aliphatic carbocycles. The van der Waals surface area contributed by atoms with E-state index in [4.69, 9.17) is 4.74 Å². The standard InChI is InChI=1S/C16H23N3O2/c1-21-13-6-11-19(12-7-13)16(20)14-5-4-8-17-15(14)18-9-2-3-10-18/h4-5,8,13H,2-3,6-7,9-12H2,1H3. The first-order chi connectivity index (χ1) is 10.3. The van der Waals surface area contributed by atoms with Crippen LogP contribution < -0.4 is 4.90 Å². The number of nitrogens with zero attached hydrogens (tertiary/aromatic N) is 3. The molecule has 0 radical (unpaired) electrons. The van der Waals surface area contributed by atoms with Crippen molar-refractivity contribution >= 4 is 11.7 Å². The third-order valence-corrected chi connectivity index (χ3v) is 4.49. The minimum absolute atomic E-state index is 0.111. The summed E-state index contributed by atoms with van der Waals surface area (Å²) < 4.78 is 5.37. The van der Waals surface area contributed by atoms with Gasteiger partial charge in [0.05, 0.1) is 11.7 Å². The van der Waals surface area contributed by atoms with Crippen LogP contribution in [0.15, 0.2) is 18.3 Å². The Balaban J connectivity index is 1.75. The molecule has 3 heterocycles. The van der Waals surface area contributed by atoms with Gasteiger partial charge < -0.3 is 14.5 Å². The molecule has 3 rings (SSSR count). The summed E-state index contributed by atoms with van der Waals surface area (Å²) in [6, 6.07) is 3.76. The lowest BCUT2D eigenvalue weighted by Gasteiger charge is -2.32. The second-order valence-corrected chi connectivity index (χ2v) is 5.80. The van der Waals surface area contributed by atoms with Crippen LogP contribution in [-0.4, -0.2) is 55.2 Å². The molecule has 114 valence electrons. The van der Waals surface area contributed by atoms with Gasteiger partial charge in [-0.3, -0.25) is 4.79 Å². The Bertz CT molecular complexity index is 492. The Labute approximate surface area is 125 Å². The summed E-state index contributed by atoms with van der Waals surface area (Å²) in [5, 5.41) is 0. The van der Waals surface area contributed by atoms with Gasteiger partial charge in [0.15, 0.2) is 0 Å². The van der Waals surface area contributed by atoms with Gasteiger partial charge in [-0.05, 0) is 37.8 Å². The molecular formula is C16H23N3O2. The van der Waals surface area contributed by atoms with E-state index >= 15 is 0 Å². The van der Waals surface area contributed by atoms with Gasteiger partial charge in [-0.1, -0.05) is 0 Å². The largest absolute Gasteiger partial charge is 0.381 e. The number of pyridine rings is 1. The van der Waals surface area contributed by atoms with E-state index in [0.717, 1.165) is 50.4 Å². The smallest absolute Gasteiger partial charge is 0.257 e. The van der Waals surface area contributed by atoms with Gasteiger partial charge in [-0.2, -0.15) is 0 Å². The predicted octanol–water partition coefficient (Wildman–Crippen LogP) is 1.93. The minimum Gasteiger partial charge on any atom is -0.381 e. The van der Waals surface area contributed by atoms with Gasteiger partial charge in [0.1, 0.15) is 5.82 Å². The lowest BCUT2D eigenvalue weighted by molar-refractivity contribution is 0.0351. The molecule has 1 amide bonds. The molecule has 2 saturated heterocycles. The molecule has 1 aromatic heterocycles. The average Bonchev–Trinajstić information content (AvgIpc) is 3.08. The molecule has 0 bridgehead atoms. The van der Waals surface area contributed by atoms with Gasteiger partial charge >= 0.3 is 0 Å². The molecule has 2 fully saturated rings. The van der Waals surface area contributed by atoms with Crippen LogP contribution in [0.3, 0.4) is 0 Å². The summed E-state index contributed by atoms with van der Waals surface area (Å²) in [6.07, 6.45) is 6.28. The molecule has 21 heavy (non-hydrogen) atoms. The zero-order valence-corrected chi connectivity index (χ0v) is 12.6. The molecule has 0 aromatic carbocycles. The van der Waals surface area contributed by atoms with E-state index in [9.17, 15) is 4.79 Å². The zero-order chi connectivity index (χ0) is 14.7. The third kappa shape index (κ3) is 3.02. The van der Waals surface area contributed by atoms with E-state index < -0.39 is 0 Å². The monoisotopic (exact) mass is 289 g/mol. The summed E-state index contributed by atoms with van der Waals surface area (Å²) in [6.45, 7) is 3.55. The summed E-state index contributed by atoms with van der Waals surface area (Å²) in [7, 11) is 1.74. The average molecular weight is 289 g/mol. The van der Waals surface area contributed by atoms with E-state index in [1.54, 1.807) is 13.3 Å². The fraction of sp³-hybridized carbons (Fsp3) is 0.625. The molecule has 1 aromatic rings. The number of anilines is 1. The predicted molar refractivity (Wildman–Crippen MR) is 81.6 cm³/mol. The van der Waals surface area contributed by atoms with E-state index in [0.29, 0.717) is 6.10 Å². The van der Waals surface area contributed by atoms with Crippen LogP contribution in [0.2, 0.25) is 0 Å². The van der Waals surface area contributed by atoms with Crippen molar-refractivity contribution < 1.29 is 9.53 Å². The lowest BCUT2D eigenvalue weighted by atomic mass is 10.1. The van der Waals surface area contributed by atoms with E-state index in [-0.39, 0.29) is 5.91 Å². The second-order valence-electron chi connectivity index (χ2n) is 5.80. The highest BCUT2D eigenvalue weighted by Gasteiger charge is 2.27. The summed E-state index contributed by atoms with van der Waals surface area (Å²) >= 11 is 0. The van der Waals surface area contributed by atoms with Gasteiger partial charge in [0, 0.05) is 39.5 Å². The fourth-order valence-corrected chi connectivity index (χ4v) is 3.21. The molecule has 0 spiro atoms. The van der Waals surface area contributed by atoms with Crippen LogP contribution in [-0.2, 0) is 4.74 Å². The minimum atomic E-state index is 0.111. The number of rotatable bonds is 3. The summed E-state index contributed by atoms with van der Waals surface area (Å²) in [5.41, 5.74) is 0.746. The van der Waals surface area contributed by atoms with Gasteiger partial charge in [0.2, 0.25) is 0 Å². The van der Waals surface area contributed by atoms with Crippen molar-refractivity contribution in [2.75, 3.05) is 38.2 Å². The van der Waals surface area contributed by atoms with Crippen LogP contribution in [0.4, 0.5) is 5.82 Å². The fourth-order valence-electron chi connectivity index (χ4n) is 3.21. The summed E-state index contributed by atoms with van der Waals surface area (Å²) in [5.74, 6) is 0.966. The van der Waals surface area contributed by atoms with Gasteiger partial charge in [-0.25, -0.2) is 4.98 Å². The maximum Gasteiger partial charge on any atom is 0.257 e. The number of likely N-dealkylation sites (tertiary alicyclic amines) is 1. The molecule has 2 aliphatic rings. The zero-order valence-electron chi connectivity index (χ0n) is 12.6. The van der Waals surface area contributed by atoms with E-state index in [1.165, 1.54) is 12.8 Å². The van der Waals surface area contributed by atoms with Crippen molar-refractivity contribution in [3.05, 3.63) is 23.9 Å². The molecule has 0 saturated carbocycles. The highest BCUT2D eigenvalue weighted by atomic mass is 16.5. The van der Waals surface area contributed by atoms with Crippen LogP contribution in [0.5, 0.6) is 0 Å². The van der Waals surface area contributed by atoms with Crippen LogP contribution >= 0.6 is 0 Å². The maximum absolute atomic E-state index is 12.8. The first-order valence-electron chi connectivity index (χ1n) is 7.81. The topological polar surface area (TPSA) is 45.7 Å². The Kier molecular flexibility index (Phi) is 4.39. The number of piperidine rings is 1. The highest BCUT2D eigenvalue weighted by Crippen LogP contribution is 2.24. The van der Waals surface area contributed by atoms with Crippen LogP contribution in [0, 0.1) is 0 Å². The lowest BCUT2D eigenvalue weighted by Crippen LogP contribution is -2.41. The van der Waals surface area contributed by atoms with Crippen molar-refractivity contribution in [1.82, 2.24) is 9.88 Å².